The minimum absolute atomic E-state index is 0.0259. The summed E-state index contributed by atoms with van der Waals surface area (Å²) in [5, 5.41) is 0. The maximum atomic E-state index is 12.7. The molecule has 0 radical (unpaired) electrons. The van der Waals surface area contributed by atoms with E-state index in [0.717, 1.165) is 5.56 Å². The molecule has 29 heavy (non-hydrogen) atoms. The van der Waals surface area contributed by atoms with Crippen LogP contribution in [-0.4, -0.2) is 58.2 Å². The molecule has 2 aromatic carbocycles. The van der Waals surface area contributed by atoms with Gasteiger partial charge in [0.1, 0.15) is 6.61 Å². The van der Waals surface area contributed by atoms with Gasteiger partial charge < -0.3 is 19.1 Å². The van der Waals surface area contributed by atoms with E-state index in [4.69, 9.17) is 14.2 Å². The van der Waals surface area contributed by atoms with Gasteiger partial charge in [0.2, 0.25) is 6.10 Å². The number of carbonyl (C=O) groups is 1. The lowest BCUT2D eigenvalue weighted by Crippen LogP contribution is -2.50. The fourth-order valence-electron chi connectivity index (χ4n) is 3.16. The van der Waals surface area contributed by atoms with Crippen LogP contribution >= 0.6 is 0 Å². The highest BCUT2D eigenvalue weighted by Gasteiger charge is 2.32. The molecule has 0 unspecified atom stereocenters. The van der Waals surface area contributed by atoms with Gasteiger partial charge in [0.15, 0.2) is 11.5 Å². The van der Waals surface area contributed by atoms with Gasteiger partial charge in [-0.05, 0) is 31.2 Å². The lowest BCUT2D eigenvalue weighted by molar-refractivity contribution is -0.145. The Labute approximate surface area is 169 Å². The zero-order valence-corrected chi connectivity index (χ0v) is 16.8. The number of hydrogen-bond acceptors (Lipinski definition) is 6. The summed E-state index contributed by atoms with van der Waals surface area (Å²) in [6.07, 6.45) is -0.756. The zero-order chi connectivity index (χ0) is 20.4. The van der Waals surface area contributed by atoms with Gasteiger partial charge in [-0.1, -0.05) is 17.7 Å². The largest absolute Gasteiger partial charge is 0.485 e. The second-order valence-electron chi connectivity index (χ2n) is 6.94. The van der Waals surface area contributed by atoms with E-state index < -0.39 is 16.1 Å². The molecule has 1 fully saturated rings. The molecule has 8 nitrogen and oxygen atoms in total. The van der Waals surface area contributed by atoms with Crippen molar-refractivity contribution in [3.05, 3.63) is 48.0 Å². The smallest absolute Gasteiger partial charge is 0.267 e. The molecule has 1 amide bonds. The maximum absolute atomic E-state index is 12.7. The third-order valence-electron chi connectivity index (χ3n) is 4.79. The number of aryl methyl sites for hydroxylation is 1. The SMILES string of the molecule is Cc1ccc(NS(=O)(=O)c2ccc3c(c2)OC[C@H](C(=O)N2CCOCC2)O3)cc1. The number of nitrogens with zero attached hydrogens (tertiary/aromatic N) is 1. The van der Waals surface area contributed by atoms with Gasteiger partial charge in [-0.25, -0.2) is 8.42 Å². The van der Waals surface area contributed by atoms with E-state index in [1.807, 2.05) is 19.1 Å². The van der Waals surface area contributed by atoms with Crippen molar-refractivity contribution in [2.24, 2.45) is 0 Å². The Hall–Kier alpha value is -2.78. The van der Waals surface area contributed by atoms with Crippen LogP contribution in [0.1, 0.15) is 5.56 Å². The topological polar surface area (TPSA) is 94.2 Å². The van der Waals surface area contributed by atoms with E-state index in [-0.39, 0.29) is 17.4 Å². The van der Waals surface area contributed by atoms with Crippen LogP contribution in [0.4, 0.5) is 5.69 Å². The highest BCUT2D eigenvalue weighted by molar-refractivity contribution is 7.92. The molecule has 2 aromatic rings. The summed E-state index contributed by atoms with van der Waals surface area (Å²) in [4.78, 5) is 14.3. The molecule has 2 heterocycles. The van der Waals surface area contributed by atoms with Crippen molar-refractivity contribution in [2.75, 3.05) is 37.6 Å². The van der Waals surface area contributed by atoms with Crippen molar-refractivity contribution < 1.29 is 27.4 Å². The molecule has 0 bridgehead atoms. The van der Waals surface area contributed by atoms with Crippen LogP contribution in [-0.2, 0) is 19.6 Å². The van der Waals surface area contributed by atoms with E-state index in [9.17, 15) is 13.2 Å². The lowest BCUT2D eigenvalue weighted by atomic mass is 10.2. The molecule has 2 aliphatic rings. The molecule has 1 saturated heterocycles. The molecule has 0 saturated carbocycles. The molecule has 1 atom stereocenters. The standard InChI is InChI=1S/C20H22N2O6S/c1-14-2-4-15(5-3-14)21-29(24,25)16-6-7-17-18(12-16)27-13-19(28-17)20(23)22-8-10-26-11-9-22/h2-7,12,19,21H,8-11,13H2,1H3/t19-/m1/s1. The van der Waals surface area contributed by atoms with Crippen LogP contribution in [0.25, 0.3) is 0 Å². The number of sulfonamides is 1. The Kier molecular flexibility index (Phi) is 5.33. The molecule has 1 N–H and O–H groups in total. The summed E-state index contributed by atoms with van der Waals surface area (Å²) >= 11 is 0. The maximum Gasteiger partial charge on any atom is 0.267 e. The van der Waals surface area contributed by atoms with Crippen molar-refractivity contribution in [1.82, 2.24) is 4.90 Å². The highest BCUT2D eigenvalue weighted by Crippen LogP contribution is 2.34. The van der Waals surface area contributed by atoms with Gasteiger partial charge in [0, 0.05) is 24.8 Å². The molecular weight excluding hydrogens is 396 g/mol. The van der Waals surface area contributed by atoms with E-state index in [1.54, 1.807) is 17.0 Å². The van der Waals surface area contributed by atoms with Crippen molar-refractivity contribution in [3.63, 3.8) is 0 Å². The lowest BCUT2D eigenvalue weighted by Gasteiger charge is -2.32. The monoisotopic (exact) mass is 418 g/mol. The van der Waals surface area contributed by atoms with Crippen LogP contribution in [0.5, 0.6) is 11.5 Å². The van der Waals surface area contributed by atoms with Crippen molar-refractivity contribution in [3.8, 4) is 11.5 Å². The summed E-state index contributed by atoms with van der Waals surface area (Å²) in [5.41, 5.74) is 1.51. The number of morpholine rings is 1. The first-order chi connectivity index (χ1) is 13.9. The van der Waals surface area contributed by atoms with Gasteiger partial charge in [0.05, 0.1) is 18.1 Å². The zero-order valence-electron chi connectivity index (χ0n) is 16.0. The fourth-order valence-corrected chi connectivity index (χ4v) is 4.24. The fraction of sp³-hybridized carbons (Fsp3) is 0.350. The Bertz CT molecular complexity index is 1000. The van der Waals surface area contributed by atoms with E-state index in [0.29, 0.717) is 43.5 Å². The molecular formula is C20H22N2O6S. The van der Waals surface area contributed by atoms with Gasteiger partial charge in [-0.15, -0.1) is 0 Å². The van der Waals surface area contributed by atoms with Crippen LogP contribution in [0.3, 0.4) is 0 Å². The van der Waals surface area contributed by atoms with Gasteiger partial charge in [-0.2, -0.15) is 0 Å². The molecule has 2 aliphatic heterocycles. The van der Waals surface area contributed by atoms with Gasteiger partial charge in [0.25, 0.3) is 15.9 Å². The Morgan fingerprint density at radius 1 is 1.07 bits per heavy atom. The summed E-state index contributed by atoms with van der Waals surface area (Å²) in [6.45, 7) is 4.01. The Morgan fingerprint density at radius 2 is 1.79 bits per heavy atom. The third kappa shape index (κ3) is 4.30. The van der Waals surface area contributed by atoms with E-state index >= 15 is 0 Å². The van der Waals surface area contributed by atoms with Crippen LogP contribution in [0.2, 0.25) is 0 Å². The first-order valence-electron chi connectivity index (χ1n) is 9.32. The second-order valence-corrected chi connectivity index (χ2v) is 8.62. The molecule has 0 aromatic heterocycles. The van der Waals surface area contributed by atoms with Gasteiger partial charge in [-0.3, -0.25) is 9.52 Å². The number of benzene rings is 2. The summed E-state index contributed by atoms with van der Waals surface area (Å²) in [6, 6.07) is 11.4. The third-order valence-corrected chi connectivity index (χ3v) is 6.17. The van der Waals surface area contributed by atoms with Crippen LogP contribution < -0.4 is 14.2 Å². The van der Waals surface area contributed by atoms with Gasteiger partial charge >= 0.3 is 0 Å². The average Bonchev–Trinajstić information content (AvgIpc) is 2.74. The minimum Gasteiger partial charge on any atom is -0.485 e. The number of nitrogens with one attached hydrogen (secondary N) is 1. The number of anilines is 1. The molecule has 0 aliphatic carbocycles. The first-order valence-corrected chi connectivity index (χ1v) is 10.8. The summed E-state index contributed by atoms with van der Waals surface area (Å²) in [7, 11) is -3.78. The Balaban J connectivity index is 1.48. The average molecular weight is 418 g/mol. The number of fused-ring (bicyclic) bond motifs is 1. The van der Waals surface area contributed by atoms with Crippen molar-refractivity contribution in [1.29, 1.82) is 0 Å². The second kappa shape index (κ2) is 7.92. The highest BCUT2D eigenvalue weighted by atomic mass is 32.2. The number of carbonyl (C=O) groups excluding carboxylic acids is 1. The number of rotatable bonds is 4. The normalized spacial score (nSPS) is 18.9. The predicted octanol–water partition coefficient (Wildman–Crippen LogP) is 1.79. The van der Waals surface area contributed by atoms with Crippen molar-refractivity contribution in [2.45, 2.75) is 17.9 Å². The quantitative estimate of drug-likeness (QED) is 0.814. The molecule has 4 rings (SSSR count). The number of amides is 1. The van der Waals surface area contributed by atoms with E-state index in [1.165, 1.54) is 18.2 Å². The predicted molar refractivity (Wildman–Crippen MR) is 106 cm³/mol. The van der Waals surface area contributed by atoms with Crippen molar-refractivity contribution >= 4 is 21.6 Å². The number of hydrogen-bond donors (Lipinski definition) is 1. The summed E-state index contributed by atoms with van der Waals surface area (Å²) < 4.78 is 44.6. The molecule has 9 heteroatoms. The number of ether oxygens (including phenoxy) is 3. The molecule has 154 valence electrons. The van der Waals surface area contributed by atoms with Crippen LogP contribution in [0.15, 0.2) is 47.4 Å². The Morgan fingerprint density at radius 3 is 2.52 bits per heavy atom. The van der Waals surface area contributed by atoms with Crippen LogP contribution in [0, 0.1) is 6.92 Å². The minimum atomic E-state index is -3.78. The molecule has 0 spiro atoms. The summed E-state index contributed by atoms with van der Waals surface area (Å²) in [5.74, 6) is 0.483. The first kappa shape index (κ1) is 19.5. The van der Waals surface area contributed by atoms with E-state index in [2.05, 4.69) is 4.72 Å².